The van der Waals surface area contributed by atoms with Gasteiger partial charge in [0.1, 0.15) is 11.5 Å². The van der Waals surface area contributed by atoms with E-state index in [1.165, 1.54) is 0 Å². The van der Waals surface area contributed by atoms with E-state index in [1.54, 1.807) is 28.4 Å². The Labute approximate surface area is 210 Å². The van der Waals surface area contributed by atoms with E-state index in [4.69, 9.17) is 33.2 Å². The van der Waals surface area contributed by atoms with Crippen LogP contribution in [0.15, 0.2) is 24.3 Å². The molecule has 0 aliphatic rings. The molecule has 0 N–H and O–H groups in total. The normalized spacial score (nSPS) is 10.8. The SMILES string of the molecule is CCCCOCCc1c(Oc2ccc(OC)c(OC)c2CCOCCCC)ccc(OC)c1OC. The van der Waals surface area contributed by atoms with Gasteiger partial charge in [0.25, 0.3) is 0 Å². The van der Waals surface area contributed by atoms with Crippen molar-refractivity contribution in [3.8, 4) is 34.5 Å². The number of hydrogen-bond donors (Lipinski definition) is 0. The number of hydrogen-bond acceptors (Lipinski definition) is 7. The summed E-state index contributed by atoms with van der Waals surface area (Å²) in [4.78, 5) is 0. The second kappa shape index (κ2) is 16.1. The van der Waals surface area contributed by atoms with Crippen molar-refractivity contribution in [2.75, 3.05) is 54.9 Å². The minimum atomic E-state index is 0.559. The molecule has 0 spiro atoms. The van der Waals surface area contributed by atoms with Crippen LogP contribution in [-0.2, 0) is 22.3 Å². The molecule has 2 rings (SSSR count). The Hall–Kier alpha value is -2.64. The van der Waals surface area contributed by atoms with E-state index in [-0.39, 0.29) is 0 Å². The highest BCUT2D eigenvalue weighted by Gasteiger charge is 2.21. The number of benzene rings is 2. The largest absolute Gasteiger partial charge is 0.493 e. The fraction of sp³-hybridized carbons (Fsp3) is 0.571. The smallest absolute Gasteiger partial charge is 0.167 e. The van der Waals surface area contributed by atoms with Crippen molar-refractivity contribution in [3.63, 3.8) is 0 Å². The topological polar surface area (TPSA) is 64.6 Å². The third kappa shape index (κ3) is 8.22. The van der Waals surface area contributed by atoms with Crippen molar-refractivity contribution in [2.45, 2.75) is 52.4 Å². The zero-order valence-corrected chi connectivity index (χ0v) is 22.2. The molecule has 0 fully saturated rings. The molecule has 7 nitrogen and oxygen atoms in total. The lowest BCUT2D eigenvalue weighted by atomic mass is 10.1. The molecular weight excluding hydrogens is 448 g/mol. The van der Waals surface area contributed by atoms with Crippen molar-refractivity contribution in [1.82, 2.24) is 0 Å². The minimum absolute atomic E-state index is 0.559. The second-order valence-corrected chi connectivity index (χ2v) is 8.09. The van der Waals surface area contributed by atoms with Gasteiger partial charge in [0.05, 0.1) is 41.7 Å². The molecule has 0 unspecified atom stereocenters. The summed E-state index contributed by atoms with van der Waals surface area (Å²) in [6.45, 7) is 6.88. The van der Waals surface area contributed by atoms with Crippen molar-refractivity contribution in [2.24, 2.45) is 0 Å². The average molecular weight is 491 g/mol. The van der Waals surface area contributed by atoms with Crippen molar-refractivity contribution < 1.29 is 33.2 Å². The van der Waals surface area contributed by atoms with Crippen LogP contribution >= 0.6 is 0 Å². The molecule has 0 aliphatic carbocycles. The van der Waals surface area contributed by atoms with E-state index in [0.29, 0.717) is 60.6 Å². The zero-order chi connectivity index (χ0) is 25.5. The third-order valence-electron chi connectivity index (χ3n) is 5.71. The van der Waals surface area contributed by atoms with Gasteiger partial charge in [-0.05, 0) is 37.1 Å². The third-order valence-corrected chi connectivity index (χ3v) is 5.71. The lowest BCUT2D eigenvalue weighted by Crippen LogP contribution is -2.07. The van der Waals surface area contributed by atoms with Gasteiger partial charge in [0, 0.05) is 37.2 Å². The van der Waals surface area contributed by atoms with Crippen LogP contribution in [0, 0.1) is 0 Å². The van der Waals surface area contributed by atoms with Gasteiger partial charge in [-0.25, -0.2) is 0 Å². The van der Waals surface area contributed by atoms with E-state index in [2.05, 4.69) is 13.8 Å². The first kappa shape index (κ1) is 28.6. The van der Waals surface area contributed by atoms with E-state index in [9.17, 15) is 0 Å². The van der Waals surface area contributed by atoms with E-state index in [1.807, 2.05) is 24.3 Å². The summed E-state index contributed by atoms with van der Waals surface area (Å²) < 4.78 is 40.6. The molecule has 7 heteroatoms. The summed E-state index contributed by atoms with van der Waals surface area (Å²) in [5.41, 5.74) is 1.78. The maximum atomic E-state index is 6.50. The summed E-state index contributed by atoms with van der Waals surface area (Å²) in [7, 11) is 6.53. The Kier molecular flexibility index (Phi) is 13.2. The first-order chi connectivity index (χ1) is 17.1. The van der Waals surface area contributed by atoms with Crippen molar-refractivity contribution in [3.05, 3.63) is 35.4 Å². The van der Waals surface area contributed by atoms with E-state index in [0.717, 1.165) is 50.0 Å². The Morgan fingerprint density at radius 2 is 0.914 bits per heavy atom. The van der Waals surface area contributed by atoms with Crippen LogP contribution in [-0.4, -0.2) is 54.9 Å². The monoisotopic (exact) mass is 490 g/mol. The molecule has 0 aliphatic heterocycles. The van der Waals surface area contributed by atoms with Gasteiger partial charge in [0.2, 0.25) is 0 Å². The molecule has 0 atom stereocenters. The molecule has 0 amide bonds. The highest BCUT2D eigenvalue weighted by molar-refractivity contribution is 5.58. The predicted molar refractivity (Wildman–Crippen MR) is 138 cm³/mol. The average Bonchev–Trinajstić information content (AvgIpc) is 2.88. The lowest BCUT2D eigenvalue weighted by Gasteiger charge is -2.20. The molecule has 196 valence electrons. The maximum Gasteiger partial charge on any atom is 0.167 e. The Bertz CT molecular complexity index is 811. The summed E-state index contributed by atoms with van der Waals surface area (Å²) in [6, 6.07) is 7.51. The summed E-state index contributed by atoms with van der Waals surface area (Å²) in [5.74, 6) is 3.97. The van der Waals surface area contributed by atoms with E-state index < -0.39 is 0 Å². The Balaban J connectivity index is 2.38. The van der Waals surface area contributed by atoms with Crippen LogP contribution in [0.3, 0.4) is 0 Å². The number of rotatable bonds is 18. The molecule has 0 bridgehead atoms. The number of ether oxygens (including phenoxy) is 7. The molecule has 2 aromatic rings. The Morgan fingerprint density at radius 3 is 1.26 bits per heavy atom. The first-order valence-corrected chi connectivity index (χ1v) is 12.5. The van der Waals surface area contributed by atoms with Crippen LogP contribution in [0.1, 0.15) is 50.7 Å². The summed E-state index contributed by atoms with van der Waals surface area (Å²) in [5, 5.41) is 0. The first-order valence-electron chi connectivity index (χ1n) is 12.5. The van der Waals surface area contributed by atoms with Gasteiger partial charge in [-0.3, -0.25) is 0 Å². The molecule has 0 saturated heterocycles. The van der Waals surface area contributed by atoms with Gasteiger partial charge >= 0.3 is 0 Å². The molecule has 0 heterocycles. The van der Waals surface area contributed by atoms with Crippen molar-refractivity contribution in [1.29, 1.82) is 0 Å². The molecule has 0 aromatic heterocycles. The van der Waals surface area contributed by atoms with Gasteiger partial charge in [0.15, 0.2) is 23.0 Å². The van der Waals surface area contributed by atoms with Crippen LogP contribution in [0.2, 0.25) is 0 Å². The maximum absolute atomic E-state index is 6.50. The molecule has 35 heavy (non-hydrogen) atoms. The van der Waals surface area contributed by atoms with Crippen LogP contribution in [0.5, 0.6) is 34.5 Å². The summed E-state index contributed by atoms with van der Waals surface area (Å²) >= 11 is 0. The predicted octanol–water partition coefficient (Wildman–Crippen LogP) is 6.23. The van der Waals surface area contributed by atoms with Crippen LogP contribution < -0.4 is 23.7 Å². The highest BCUT2D eigenvalue weighted by atomic mass is 16.5. The minimum Gasteiger partial charge on any atom is -0.493 e. The lowest BCUT2D eigenvalue weighted by molar-refractivity contribution is 0.133. The van der Waals surface area contributed by atoms with Gasteiger partial charge in [-0.15, -0.1) is 0 Å². The molecule has 2 aromatic carbocycles. The molecular formula is C28H42O7. The quantitative estimate of drug-likeness (QED) is 0.229. The summed E-state index contributed by atoms with van der Waals surface area (Å²) in [6.07, 6.45) is 5.52. The fourth-order valence-electron chi connectivity index (χ4n) is 3.77. The number of unbranched alkanes of at least 4 members (excludes halogenated alkanes) is 2. The second-order valence-electron chi connectivity index (χ2n) is 8.09. The highest BCUT2D eigenvalue weighted by Crippen LogP contribution is 2.43. The van der Waals surface area contributed by atoms with Gasteiger partial charge in [-0.2, -0.15) is 0 Å². The molecule has 0 radical (unpaired) electrons. The molecule has 0 saturated carbocycles. The van der Waals surface area contributed by atoms with Gasteiger partial charge in [-0.1, -0.05) is 26.7 Å². The fourth-order valence-corrected chi connectivity index (χ4v) is 3.77. The van der Waals surface area contributed by atoms with E-state index >= 15 is 0 Å². The Morgan fingerprint density at radius 1 is 0.514 bits per heavy atom. The van der Waals surface area contributed by atoms with Gasteiger partial charge < -0.3 is 33.2 Å². The zero-order valence-electron chi connectivity index (χ0n) is 22.2. The standard InChI is InChI=1S/C28H42O7/c1-7-9-17-33-19-15-21-23(11-13-25(29-3)27(21)31-5)35-24-12-14-26(30-4)28(32-6)22(24)16-20-34-18-10-8-2/h11-14H,7-10,15-20H2,1-6H3. The van der Waals surface area contributed by atoms with Crippen LogP contribution in [0.25, 0.3) is 0 Å². The van der Waals surface area contributed by atoms with Crippen molar-refractivity contribution >= 4 is 0 Å². The number of methoxy groups -OCH3 is 4. The van der Waals surface area contributed by atoms with Crippen LogP contribution in [0.4, 0.5) is 0 Å².